The zero-order valence-corrected chi connectivity index (χ0v) is 9.71. The summed E-state index contributed by atoms with van der Waals surface area (Å²) in [4.78, 5) is 0. The van der Waals surface area contributed by atoms with E-state index < -0.39 is 0 Å². The number of aryl methyl sites for hydroxylation is 1. The summed E-state index contributed by atoms with van der Waals surface area (Å²) in [5.41, 5.74) is 6.70. The third-order valence-corrected chi connectivity index (χ3v) is 2.82. The summed E-state index contributed by atoms with van der Waals surface area (Å²) in [6.07, 6.45) is 3.94. The molecule has 2 N–H and O–H groups in total. The second-order valence-corrected chi connectivity index (χ2v) is 4.14. The van der Waals surface area contributed by atoms with Crippen LogP contribution in [-0.4, -0.2) is 16.3 Å². The zero-order chi connectivity index (χ0) is 9.84. The highest BCUT2D eigenvalue weighted by atomic mass is 79.9. The van der Waals surface area contributed by atoms with Crippen molar-refractivity contribution in [3.8, 4) is 0 Å². The number of halogens is 1. The van der Waals surface area contributed by atoms with Gasteiger partial charge >= 0.3 is 0 Å². The quantitative estimate of drug-likeness (QED) is 0.884. The second kappa shape index (κ2) is 4.77. The fourth-order valence-electron chi connectivity index (χ4n) is 1.20. The van der Waals surface area contributed by atoms with Crippen molar-refractivity contribution in [2.45, 2.75) is 32.7 Å². The first kappa shape index (κ1) is 10.7. The van der Waals surface area contributed by atoms with E-state index in [1.807, 2.05) is 10.9 Å². The van der Waals surface area contributed by atoms with Gasteiger partial charge in [0.15, 0.2) is 0 Å². The van der Waals surface area contributed by atoms with Crippen molar-refractivity contribution < 1.29 is 0 Å². The van der Waals surface area contributed by atoms with Crippen LogP contribution in [0.5, 0.6) is 0 Å². The summed E-state index contributed by atoms with van der Waals surface area (Å²) in [6, 6.07) is 0.404. The number of hydrogen-bond donors (Lipinski definition) is 1. The molecule has 0 aliphatic heterocycles. The predicted octanol–water partition coefficient (Wildman–Crippen LogP) is 2.12. The molecule has 0 saturated carbocycles. The molecule has 1 heterocycles. The van der Waals surface area contributed by atoms with Crippen molar-refractivity contribution in [3.63, 3.8) is 0 Å². The Balaban J connectivity index is 2.74. The van der Waals surface area contributed by atoms with Crippen molar-refractivity contribution in [2.24, 2.45) is 5.73 Å². The molecule has 1 aromatic heterocycles. The van der Waals surface area contributed by atoms with Crippen LogP contribution in [0.25, 0.3) is 0 Å². The van der Waals surface area contributed by atoms with Crippen LogP contribution in [0.3, 0.4) is 0 Å². The largest absolute Gasteiger partial charge is 0.330 e. The maximum atomic E-state index is 5.45. The molecule has 0 unspecified atom stereocenters. The Labute approximate surface area is 87.4 Å². The average molecular weight is 246 g/mol. The van der Waals surface area contributed by atoms with Gasteiger partial charge in [-0.1, -0.05) is 0 Å². The molecule has 3 nitrogen and oxygen atoms in total. The molecule has 0 spiro atoms. The van der Waals surface area contributed by atoms with Gasteiger partial charge in [-0.15, -0.1) is 0 Å². The molecule has 0 fully saturated rings. The minimum atomic E-state index is 0.404. The van der Waals surface area contributed by atoms with Crippen molar-refractivity contribution in [1.29, 1.82) is 0 Å². The van der Waals surface area contributed by atoms with Crippen LogP contribution in [0, 0.1) is 0 Å². The van der Waals surface area contributed by atoms with Gasteiger partial charge in [0.05, 0.1) is 6.20 Å². The van der Waals surface area contributed by atoms with Crippen molar-refractivity contribution in [3.05, 3.63) is 16.4 Å². The van der Waals surface area contributed by atoms with Crippen LogP contribution in [0.4, 0.5) is 0 Å². The van der Waals surface area contributed by atoms with E-state index in [1.54, 1.807) is 0 Å². The van der Waals surface area contributed by atoms with Gasteiger partial charge in [-0.25, -0.2) is 0 Å². The lowest BCUT2D eigenvalue weighted by molar-refractivity contribution is 0.521. The highest BCUT2D eigenvalue weighted by molar-refractivity contribution is 9.10. The molecule has 0 aliphatic rings. The van der Waals surface area contributed by atoms with Gasteiger partial charge in [-0.05, 0) is 49.2 Å². The van der Waals surface area contributed by atoms with Gasteiger partial charge in [0.1, 0.15) is 4.60 Å². The van der Waals surface area contributed by atoms with E-state index in [-0.39, 0.29) is 0 Å². The van der Waals surface area contributed by atoms with E-state index in [0.29, 0.717) is 6.04 Å². The van der Waals surface area contributed by atoms with E-state index >= 15 is 0 Å². The molecule has 13 heavy (non-hydrogen) atoms. The van der Waals surface area contributed by atoms with E-state index in [1.165, 1.54) is 5.56 Å². The zero-order valence-electron chi connectivity index (χ0n) is 8.13. The van der Waals surface area contributed by atoms with Crippen LogP contribution >= 0.6 is 15.9 Å². The summed E-state index contributed by atoms with van der Waals surface area (Å²) in [7, 11) is 0. The highest BCUT2D eigenvalue weighted by Gasteiger charge is 2.09. The molecule has 0 saturated heterocycles. The Kier molecular flexibility index (Phi) is 3.93. The predicted molar refractivity (Wildman–Crippen MR) is 57.7 cm³/mol. The summed E-state index contributed by atoms with van der Waals surface area (Å²) in [5, 5.41) is 4.30. The third-order valence-electron chi connectivity index (χ3n) is 1.94. The summed E-state index contributed by atoms with van der Waals surface area (Å²) >= 11 is 3.54. The van der Waals surface area contributed by atoms with Crippen LogP contribution in [0.15, 0.2) is 10.8 Å². The van der Waals surface area contributed by atoms with Crippen LogP contribution in [-0.2, 0) is 6.42 Å². The molecular formula is C9H16BrN3. The summed E-state index contributed by atoms with van der Waals surface area (Å²) < 4.78 is 3.07. The standard InChI is InChI=1S/C9H16BrN3/c1-7(2)13-9(10)8(6-12-13)4-3-5-11/h6-7H,3-5,11H2,1-2H3. The maximum absolute atomic E-state index is 5.45. The van der Waals surface area contributed by atoms with E-state index in [4.69, 9.17) is 5.73 Å². The van der Waals surface area contributed by atoms with E-state index in [2.05, 4.69) is 34.9 Å². The van der Waals surface area contributed by atoms with Crippen LogP contribution in [0.2, 0.25) is 0 Å². The molecule has 0 bridgehead atoms. The number of hydrogen-bond acceptors (Lipinski definition) is 2. The van der Waals surface area contributed by atoms with Gasteiger partial charge in [0, 0.05) is 11.6 Å². The van der Waals surface area contributed by atoms with E-state index in [0.717, 1.165) is 24.0 Å². The molecule has 0 radical (unpaired) electrons. The number of rotatable bonds is 4. The molecule has 1 aromatic rings. The lowest BCUT2D eigenvalue weighted by Gasteiger charge is -2.07. The number of nitrogens with zero attached hydrogens (tertiary/aromatic N) is 2. The number of nitrogens with two attached hydrogens (primary N) is 1. The smallest absolute Gasteiger partial charge is 0.107 e. The molecule has 0 atom stereocenters. The Morgan fingerprint density at radius 2 is 2.31 bits per heavy atom. The first-order chi connectivity index (χ1) is 6.16. The first-order valence-corrected chi connectivity index (χ1v) is 5.38. The van der Waals surface area contributed by atoms with Crippen molar-refractivity contribution in [2.75, 3.05) is 6.54 Å². The lowest BCUT2D eigenvalue weighted by atomic mass is 10.2. The molecule has 1 rings (SSSR count). The van der Waals surface area contributed by atoms with E-state index in [9.17, 15) is 0 Å². The minimum absolute atomic E-state index is 0.404. The fraction of sp³-hybridized carbons (Fsp3) is 0.667. The molecule has 4 heteroatoms. The normalized spacial score (nSPS) is 11.2. The average Bonchev–Trinajstić information content (AvgIpc) is 2.43. The SMILES string of the molecule is CC(C)n1ncc(CCCN)c1Br. The molecule has 0 aliphatic carbocycles. The molecular weight excluding hydrogens is 230 g/mol. The van der Waals surface area contributed by atoms with Gasteiger partial charge in [0.2, 0.25) is 0 Å². The van der Waals surface area contributed by atoms with Crippen LogP contribution < -0.4 is 5.73 Å². The summed E-state index contributed by atoms with van der Waals surface area (Å²) in [5.74, 6) is 0. The van der Waals surface area contributed by atoms with Crippen LogP contribution in [0.1, 0.15) is 31.9 Å². The van der Waals surface area contributed by atoms with Gasteiger partial charge in [-0.3, -0.25) is 4.68 Å². The molecule has 74 valence electrons. The fourth-order valence-corrected chi connectivity index (χ4v) is 2.00. The highest BCUT2D eigenvalue weighted by Crippen LogP contribution is 2.21. The van der Waals surface area contributed by atoms with Gasteiger partial charge < -0.3 is 5.73 Å². The monoisotopic (exact) mass is 245 g/mol. The Bertz CT molecular complexity index is 268. The third kappa shape index (κ3) is 2.54. The summed E-state index contributed by atoms with van der Waals surface area (Å²) in [6.45, 7) is 4.97. The Hall–Kier alpha value is -0.350. The second-order valence-electron chi connectivity index (χ2n) is 3.39. The Morgan fingerprint density at radius 3 is 2.77 bits per heavy atom. The first-order valence-electron chi connectivity index (χ1n) is 4.58. The van der Waals surface area contributed by atoms with Crippen molar-refractivity contribution in [1.82, 2.24) is 9.78 Å². The molecule has 0 amide bonds. The molecule has 0 aromatic carbocycles. The number of aromatic nitrogens is 2. The van der Waals surface area contributed by atoms with Crippen molar-refractivity contribution >= 4 is 15.9 Å². The Morgan fingerprint density at radius 1 is 1.62 bits per heavy atom. The van der Waals surface area contributed by atoms with Gasteiger partial charge in [0.25, 0.3) is 0 Å². The van der Waals surface area contributed by atoms with Gasteiger partial charge in [-0.2, -0.15) is 5.10 Å². The lowest BCUT2D eigenvalue weighted by Crippen LogP contribution is -2.03. The topological polar surface area (TPSA) is 43.8 Å². The maximum Gasteiger partial charge on any atom is 0.107 e. The minimum Gasteiger partial charge on any atom is -0.330 e.